The molecule has 3 heteroatoms. The van der Waals surface area contributed by atoms with Crippen molar-refractivity contribution in [3.8, 4) is 11.8 Å². The number of carbonyl (C=O) groups is 1. The van der Waals surface area contributed by atoms with Crippen LogP contribution in [0.5, 0.6) is 0 Å². The Morgan fingerprint density at radius 3 is 2.50 bits per heavy atom. The molecule has 0 radical (unpaired) electrons. The van der Waals surface area contributed by atoms with Crippen molar-refractivity contribution < 1.29 is 9.90 Å². The second-order valence-electron chi connectivity index (χ2n) is 3.36. The molecule has 0 aliphatic heterocycles. The van der Waals surface area contributed by atoms with Crippen LogP contribution in [0.4, 0.5) is 0 Å². The van der Waals surface area contributed by atoms with Gasteiger partial charge in [-0.3, -0.25) is 0 Å². The Labute approximate surface area is 72.4 Å². The Morgan fingerprint density at radius 1 is 1.50 bits per heavy atom. The minimum absolute atomic E-state index is 0.300. The van der Waals surface area contributed by atoms with E-state index in [2.05, 4.69) is 16.7 Å². The lowest BCUT2D eigenvalue weighted by Gasteiger charge is -2.36. The second-order valence-corrected chi connectivity index (χ2v) is 3.36. The summed E-state index contributed by atoms with van der Waals surface area (Å²) >= 11 is 0. The van der Waals surface area contributed by atoms with E-state index >= 15 is 0 Å². The van der Waals surface area contributed by atoms with Gasteiger partial charge in [-0.25, -0.2) is 4.79 Å². The van der Waals surface area contributed by atoms with Crippen molar-refractivity contribution >= 4 is 5.97 Å². The zero-order valence-electron chi connectivity index (χ0n) is 7.37. The molecule has 0 unspecified atom stereocenters. The lowest BCUT2D eigenvalue weighted by Crippen LogP contribution is -2.39. The molecule has 66 valence electrons. The third-order valence-electron chi connectivity index (χ3n) is 2.23. The molecule has 0 atom stereocenters. The van der Waals surface area contributed by atoms with Crippen LogP contribution in [0.25, 0.3) is 0 Å². The summed E-state index contributed by atoms with van der Waals surface area (Å²) in [6.07, 6.45) is 2.01. The summed E-state index contributed by atoms with van der Waals surface area (Å²) in [5.74, 6) is 4.16. The highest BCUT2D eigenvalue weighted by molar-refractivity contribution is 5.86. The van der Waals surface area contributed by atoms with E-state index in [4.69, 9.17) is 5.11 Å². The minimum atomic E-state index is -1.02. The van der Waals surface area contributed by atoms with Crippen LogP contribution in [0, 0.1) is 17.8 Å². The monoisotopic (exact) mass is 167 g/mol. The minimum Gasteiger partial charge on any atom is -0.472 e. The fourth-order valence-corrected chi connectivity index (χ4v) is 1.29. The molecule has 1 fully saturated rings. The van der Waals surface area contributed by atoms with Gasteiger partial charge in [-0.1, -0.05) is 5.92 Å². The summed E-state index contributed by atoms with van der Waals surface area (Å²) in [7, 11) is 4.07. The standard InChI is InChI=1S/C9H13NO2/c1-10(2)8-5-7(6-8)3-4-9(11)12/h7-8H,5-6H2,1-2H3,(H,11,12). The highest BCUT2D eigenvalue weighted by Crippen LogP contribution is 2.29. The van der Waals surface area contributed by atoms with Gasteiger partial charge < -0.3 is 10.0 Å². The van der Waals surface area contributed by atoms with Crippen molar-refractivity contribution in [1.29, 1.82) is 0 Å². The molecule has 0 aromatic rings. The van der Waals surface area contributed by atoms with Crippen molar-refractivity contribution in [3.63, 3.8) is 0 Å². The third-order valence-corrected chi connectivity index (χ3v) is 2.23. The van der Waals surface area contributed by atoms with E-state index in [1.54, 1.807) is 0 Å². The quantitative estimate of drug-likeness (QED) is 0.575. The lowest BCUT2D eigenvalue weighted by molar-refractivity contribution is -0.130. The van der Waals surface area contributed by atoms with Crippen molar-refractivity contribution in [2.24, 2.45) is 5.92 Å². The Bertz CT molecular complexity index is 231. The topological polar surface area (TPSA) is 40.5 Å². The number of carboxylic acid groups (broad SMARTS) is 1. The average molecular weight is 167 g/mol. The summed E-state index contributed by atoms with van der Waals surface area (Å²) in [5, 5.41) is 8.27. The number of hydrogen-bond donors (Lipinski definition) is 1. The Kier molecular flexibility index (Phi) is 2.72. The Balaban J connectivity index is 2.28. The van der Waals surface area contributed by atoms with Gasteiger partial charge in [0, 0.05) is 17.9 Å². The van der Waals surface area contributed by atoms with E-state index < -0.39 is 5.97 Å². The normalized spacial score (nSPS) is 27.2. The molecule has 0 saturated heterocycles. The number of hydrogen-bond acceptors (Lipinski definition) is 2. The van der Waals surface area contributed by atoms with Crippen LogP contribution in [-0.4, -0.2) is 36.1 Å². The molecule has 0 spiro atoms. The van der Waals surface area contributed by atoms with Crippen molar-refractivity contribution in [2.75, 3.05) is 14.1 Å². The maximum atomic E-state index is 10.1. The lowest BCUT2D eigenvalue weighted by atomic mass is 9.80. The average Bonchev–Trinajstić information content (AvgIpc) is 1.82. The second kappa shape index (κ2) is 3.59. The molecule has 1 rings (SSSR count). The van der Waals surface area contributed by atoms with E-state index in [-0.39, 0.29) is 0 Å². The molecule has 1 N–H and O–H groups in total. The first-order valence-corrected chi connectivity index (χ1v) is 4.00. The molecular weight excluding hydrogens is 154 g/mol. The van der Waals surface area contributed by atoms with E-state index in [9.17, 15) is 4.79 Å². The molecule has 1 aliphatic rings. The molecule has 0 heterocycles. The largest absolute Gasteiger partial charge is 0.472 e. The molecule has 12 heavy (non-hydrogen) atoms. The molecule has 3 nitrogen and oxygen atoms in total. The van der Waals surface area contributed by atoms with Gasteiger partial charge in [0.25, 0.3) is 0 Å². The third kappa shape index (κ3) is 2.24. The first-order chi connectivity index (χ1) is 5.59. The zero-order valence-corrected chi connectivity index (χ0v) is 7.37. The summed E-state index contributed by atoms with van der Waals surface area (Å²) in [6, 6.07) is 0.595. The molecule has 0 bridgehead atoms. The van der Waals surface area contributed by atoms with Gasteiger partial charge in [0.2, 0.25) is 0 Å². The molecule has 1 saturated carbocycles. The summed E-state index contributed by atoms with van der Waals surface area (Å²) in [4.78, 5) is 12.2. The Hall–Kier alpha value is -1.01. The number of nitrogens with zero attached hydrogens (tertiary/aromatic N) is 1. The number of rotatable bonds is 1. The van der Waals surface area contributed by atoms with Crippen LogP contribution in [-0.2, 0) is 4.79 Å². The van der Waals surface area contributed by atoms with E-state index in [0.29, 0.717) is 12.0 Å². The number of aliphatic carboxylic acids is 1. The fourth-order valence-electron chi connectivity index (χ4n) is 1.29. The molecular formula is C9H13NO2. The van der Waals surface area contributed by atoms with E-state index in [0.717, 1.165) is 12.8 Å². The van der Waals surface area contributed by atoms with Crippen molar-refractivity contribution in [2.45, 2.75) is 18.9 Å². The molecule has 1 aliphatic carbocycles. The summed E-state index contributed by atoms with van der Waals surface area (Å²) in [6.45, 7) is 0. The maximum Gasteiger partial charge on any atom is 0.381 e. The molecule has 0 aromatic heterocycles. The highest BCUT2D eigenvalue weighted by atomic mass is 16.4. The summed E-state index contributed by atoms with van der Waals surface area (Å²) < 4.78 is 0. The van der Waals surface area contributed by atoms with Crippen LogP contribution >= 0.6 is 0 Å². The van der Waals surface area contributed by atoms with Gasteiger partial charge >= 0.3 is 5.97 Å². The van der Waals surface area contributed by atoms with Crippen LogP contribution < -0.4 is 0 Å². The smallest absolute Gasteiger partial charge is 0.381 e. The van der Waals surface area contributed by atoms with Gasteiger partial charge in [-0.2, -0.15) is 0 Å². The van der Waals surface area contributed by atoms with Gasteiger partial charge in [0.05, 0.1) is 0 Å². The van der Waals surface area contributed by atoms with Crippen LogP contribution in [0.2, 0.25) is 0 Å². The molecule has 0 aromatic carbocycles. The first-order valence-electron chi connectivity index (χ1n) is 4.00. The van der Waals surface area contributed by atoms with E-state index in [1.165, 1.54) is 0 Å². The maximum absolute atomic E-state index is 10.1. The van der Waals surface area contributed by atoms with Crippen LogP contribution in [0.15, 0.2) is 0 Å². The predicted octanol–water partition coefficient (Wildman–Crippen LogP) is 0.415. The van der Waals surface area contributed by atoms with Gasteiger partial charge in [-0.15, -0.1) is 0 Å². The Morgan fingerprint density at radius 2 is 2.08 bits per heavy atom. The molecule has 0 amide bonds. The van der Waals surface area contributed by atoms with Gasteiger partial charge in [-0.05, 0) is 26.9 Å². The van der Waals surface area contributed by atoms with Crippen LogP contribution in [0.1, 0.15) is 12.8 Å². The van der Waals surface area contributed by atoms with Crippen molar-refractivity contribution in [1.82, 2.24) is 4.90 Å². The predicted molar refractivity (Wildman–Crippen MR) is 45.6 cm³/mol. The fraction of sp³-hybridized carbons (Fsp3) is 0.667. The van der Waals surface area contributed by atoms with Gasteiger partial charge in [0.1, 0.15) is 0 Å². The number of carboxylic acids is 1. The first kappa shape index (κ1) is 9.08. The van der Waals surface area contributed by atoms with Gasteiger partial charge in [0.15, 0.2) is 0 Å². The zero-order chi connectivity index (χ0) is 9.14. The SMILES string of the molecule is CN(C)C1CC(C#CC(=O)O)C1. The highest BCUT2D eigenvalue weighted by Gasteiger charge is 2.28. The van der Waals surface area contributed by atoms with E-state index in [1.807, 2.05) is 14.1 Å². The van der Waals surface area contributed by atoms with Crippen LogP contribution in [0.3, 0.4) is 0 Å². The van der Waals surface area contributed by atoms with Crippen molar-refractivity contribution in [3.05, 3.63) is 0 Å². The summed E-state index contributed by atoms with van der Waals surface area (Å²) in [5.41, 5.74) is 0.